The Morgan fingerprint density at radius 2 is 2.28 bits per heavy atom. The Kier molecular flexibility index (Phi) is 3.32. The van der Waals surface area contributed by atoms with Crippen molar-refractivity contribution in [3.63, 3.8) is 0 Å². The number of anilines is 1. The fourth-order valence-electron chi connectivity index (χ4n) is 1.59. The van der Waals surface area contributed by atoms with Gasteiger partial charge in [0.15, 0.2) is 0 Å². The van der Waals surface area contributed by atoms with Gasteiger partial charge in [-0.3, -0.25) is 0 Å². The van der Waals surface area contributed by atoms with Crippen LogP contribution in [0.15, 0.2) is 30.6 Å². The molecule has 5 nitrogen and oxygen atoms in total. The Balaban J connectivity index is 2.29. The summed E-state index contributed by atoms with van der Waals surface area (Å²) in [5, 5.41) is 4.14. The molecule has 5 heteroatoms. The Morgan fingerprint density at radius 1 is 1.50 bits per heavy atom. The standard InChI is InChI=1S/C13H15N3O2/c1-3-18-13(17)10-7-15-16(8-10)11-4-5-12(14)9(2)6-11/h4-8H,3,14H2,1-2H3. The first kappa shape index (κ1) is 12.2. The van der Waals surface area contributed by atoms with E-state index in [1.165, 1.54) is 6.20 Å². The number of esters is 1. The van der Waals surface area contributed by atoms with Crippen LogP contribution in [0.4, 0.5) is 5.69 Å². The van der Waals surface area contributed by atoms with Gasteiger partial charge < -0.3 is 10.5 Å². The molecule has 18 heavy (non-hydrogen) atoms. The van der Waals surface area contributed by atoms with E-state index in [4.69, 9.17) is 10.5 Å². The van der Waals surface area contributed by atoms with Crippen LogP contribution >= 0.6 is 0 Å². The van der Waals surface area contributed by atoms with Crippen LogP contribution in [-0.2, 0) is 4.74 Å². The number of ether oxygens (including phenoxy) is 1. The lowest BCUT2D eigenvalue weighted by atomic mass is 10.2. The zero-order chi connectivity index (χ0) is 13.1. The number of aromatic nitrogens is 2. The van der Waals surface area contributed by atoms with E-state index in [2.05, 4.69) is 5.10 Å². The topological polar surface area (TPSA) is 70.1 Å². The smallest absolute Gasteiger partial charge is 0.341 e. The van der Waals surface area contributed by atoms with Crippen molar-refractivity contribution in [2.75, 3.05) is 12.3 Å². The summed E-state index contributed by atoms with van der Waals surface area (Å²) in [6.07, 6.45) is 3.13. The van der Waals surface area contributed by atoms with Crippen LogP contribution in [0.5, 0.6) is 0 Å². The lowest BCUT2D eigenvalue weighted by molar-refractivity contribution is 0.0526. The first-order chi connectivity index (χ1) is 8.61. The van der Waals surface area contributed by atoms with Crippen molar-refractivity contribution in [1.29, 1.82) is 0 Å². The highest BCUT2D eigenvalue weighted by Gasteiger charge is 2.10. The molecule has 1 heterocycles. The molecule has 0 radical (unpaired) electrons. The maximum atomic E-state index is 11.5. The van der Waals surface area contributed by atoms with Crippen LogP contribution in [0.3, 0.4) is 0 Å². The van der Waals surface area contributed by atoms with E-state index in [1.807, 2.05) is 25.1 Å². The molecule has 1 aromatic heterocycles. The van der Waals surface area contributed by atoms with Gasteiger partial charge >= 0.3 is 5.97 Å². The Morgan fingerprint density at radius 3 is 2.94 bits per heavy atom. The van der Waals surface area contributed by atoms with Gasteiger partial charge in [0.25, 0.3) is 0 Å². The molecular weight excluding hydrogens is 230 g/mol. The third-order valence-electron chi connectivity index (χ3n) is 2.61. The van der Waals surface area contributed by atoms with Gasteiger partial charge in [0, 0.05) is 11.9 Å². The van der Waals surface area contributed by atoms with Crippen LogP contribution in [0.25, 0.3) is 5.69 Å². The lowest BCUT2D eigenvalue weighted by Gasteiger charge is -2.04. The highest BCUT2D eigenvalue weighted by Crippen LogP contribution is 2.16. The lowest BCUT2D eigenvalue weighted by Crippen LogP contribution is -2.03. The first-order valence-electron chi connectivity index (χ1n) is 5.70. The average Bonchev–Trinajstić information content (AvgIpc) is 2.82. The van der Waals surface area contributed by atoms with Crippen molar-refractivity contribution in [1.82, 2.24) is 9.78 Å². The predicted octanol–water partition coefficient (Wildman–Crippen LogP) is 1.94. The van der Waals surface area contributed by atoms with Gasteiger partial charge in [-0.25, -0.2) is 9.48 Å². The number of benzene rings is 1. The number of nitrogens with two attached hydrogens (primary N) is 1. The summed E-state index contributed by atoms with van der Waals surface area (Å²) in [6, 6.07) is 5.58. The summed E-state index contributed by atoms with van der Waals surface area (Å²) in [7, 11) is 0. The number of hydrogen-bond acceptors (Lipinski definition) is 4. The van der Waals surface area contributed by atoms with Crippen molar-refractivity contribution in [3.8, 4) is 5.69 Å². The summed E-state index contributed by atoms with van der Waals surface area (Å²) in [5.74, 6) is -0.365. The molecule has 94 valence electrons. The van der Waals surface area contributed by atoms with Gasteiger partial charge in [-0.15, -0.1) is 0 Å². The van der Waals surface area contributed by atoms with E-state index in [1.54, 1.807) is 17.8 Å². The normalized spacial score (nSPS) is 10.3. The second kappa shape index (κ2) is 4.91. The SMILES string of the molecule is CCOC(=O)c1cnn(-c2ccc(N)c(C)c2)c1. The van der Waals surface area contributed by atoms with Gasteiger partial charge in [0.1, 0.15) is 0 Å². The predicted molar refractivity (Wildman–Crippen MR) is 68.7 cm³/mol. The van der Waals surface area contributed by atoms with E-state index in [9.17, 15) is 4.79 Å². The quantitative estimate of drug-likeness (QED) is 0.662. The summed E-state index contributed by atoms with van der Waals surface area (Å²) >= 11 is 0. The minimum atomic E-state index is -0.365. The third-order valence-corrected chi connectivity index (χ3v) is 2.61. The molecule has 2 rings (SSSR count). The largest absolute Gasteiger partial charge is 0.462 e. The van der Waals surface area contributed by atoms with Gasteiger partial charge in [0.05, 0.1) is 24.1 Å². The summed E-state index contributed by atoms with van der Waals surface area (Å²) < 4.78 is 6.53. The summed E-state index contributed by atoms with van der Waals surface area (Å²) in [6.45, 7) is 4.05. The van der Waals surface area contributed by atoms with E-state index in [0.717, 1.165) is 16.9 Å². The van der Waals surface area contributed by atoms with E-state index in [-0.39, 0.29) is 5.97 Å². The molecule has 0 bridgehead atoms. The van der Waals surface area contributed by atoms with E-state index in [0.29, 0.717) is 12.2 Å². The first-order valence-corrected chi connectivity index (χ1v) is 5.70. The van der Waals surface area contributed by atoms with Crippen LogP contribution in [0.1, 0.15) is 22.8 Å². The number of carbonyl (C=O) groups excluding carboxylic acids is 1. The van der Waals surface area contributed by atoms with Gasteiger partial charge in [-0.1, -0.05) is 0 Å². The van der Waals surface area contributed by atoms with E-state index < -0.39 is 0 Å². The monoisotopic (exact) mass is 245 g/mol. The fraction of sp³-hybridized carbons (Fsp3) is 0.231. The number of aryl methyl sites for hydroxylation is 1. The highest BCUT2D eigenvalue weighted by atomic mass is 16.5. The minimum absolute atomic E-state index is 0.352. The average molecular weight is 245 g/mol. The van der Waals surface area contributed by atoms with Crippen LogP contribution in [0.2, 0.25) is 0 Å². The molecular formula is C13H15N3O2. The molecule has 2 N–H and O–H groups in total. The van der Waals surface area contributed by atoms with Gasteiger partial charge in [0.2, 0.25) is 0 Å². The van der Waals surface area contributed by atoms with Crippen LogP contribution in [0, 0.1) is 6.92 Å². The van der Waals surface area contributed by atoms with Crippen molar-refractivity contribution in [2.45, 2.75) is 13.8 Å². The number of nitrogen functional groups attached to an aromatic ring is 1. The molecule has 0 saturated heterocycles. The molecule has 0 aliphatic rings. The second-order valence-electron chi connectivity index (χ2n) is 3.93. The Hall–Kier alpha value is -2.30. The molecule has 1 aromatic carbocycles. The number of rotatable bonds is 3. The summed E-state index contributed by atoms with van der Waals surface area (Å²) in [4.78, 5) is 11.5. The van der Waals surface area contributed by atoms with E-state index >= 15 is 0 Å². The number of hydrogen-bond donors (Lipinski definition) is 1. The maximum Gasteiger partial charge on any atom is 0.341 e. The van der Waals surface area contributed by atoms with Crippen molar-refractivity contribution >= 4 is 11.7 Å². The van der Waals surface area contributed by atoms with Crippen LogP contribution in [-0.4, -0.2) is 22.4 Å². The minimum Gasteiger partial charge on any atom is -0.462 e. The molecule has 0 saturated carbocycles. The molecule has 0 amide bonds. The molecule has 0 aliphatic heterocycles. The molecule has 0 atom stereocenters. The highest BCUT2D eigenvalue weighted by molar-refractivity contribution is 5.88. The Bertz CT molecular complexity index is 575. The van der Waals surface area contributed by atoms with Gasteiger partial charge in [-0.2, -0.15) is 5.10 Å². The fourth-order valence-corrected chi connectivity index (χ4v) is 1.59. The summed E-state index contributed by atoms with van der Waals surface area (Å²) in [5.41, 5.74) is 8.76. The maximum absolute atomic E-state index is 11.5. The van der Waals surface area contributed by atoms with Crippen molar-refractivity contribution in [2.24, 2.45) is 0 Å². The van der Waals surface area contributed by atoms with Crippen molar-refractivity contribution in [3.05, 3.63) is 41.7 Å². The molecule has 0 spiro atoms. The zero-order valence-corrected chi connectivity index (χ0v) is 10.4. The second-order valence-corrected chi connectivity index (χ2v) is 3.93. The third kappa shape index (κ3) is 2.34. The Labute approximate surface area is 105 Å². The molecule has 0 aliphatic carbocycles. The van der Waals surface area contributed by atoms with Crippen molar-refractivity contribution < 1.29 is 9.53 Å². The number of nitrogens with zero attached hydrogens (tertiary/aromatic N) is 2. The molecule has 0 unspecified atom stereocenters. The number of carbonyl (C=O) groups is 1. The van der Waals surface area contributed by atoms with Gasteiger partial charge in [-0.05, 0) is 37.6 Å². The molecule has 0 fully saturated rings. The van der Waals surface area contributed by atoms with Crippen LogP contribution < -0.4 is 5.73 Å². The molecule has 2 aromatic rings. The zero-order valence-electron chi connectivity index (χ0n) is 10.4.